The van der Waals surface area contributed by atoms with E-state index in [0.29, 0.717) is 28.4 Å². The first-order chi connectivity index (χ1) is 9.56. The van der Waals surface area contributed by atoms with Crippen molar-refractivity contribution in [3.05, 3.63) is 47.2 Å². The molecule has 0 saturated carbocycles. The van der Waals surface area contributed by atoms with Crippen LogP contribution in [0.5, 0.6) is 11.5 Å². The summed E-state index contributed by atoms with van der Waals surface area (Å²) in [5.74, 6) is 1.51. The number of aliphatic hydroxyl groups excluding tert-OH is 1. The van der Waals surface area contributed by atoms with Crippen LogP contribution in [0.25, 0.3) is 0 Å². The zero-order valence-corrected chi connectivity index (χ0v) is 11.8. The minimum atomic E-state index is -0.924. The molecule has 20 heavy (non-hydrogen) atoms. The van der Waals surface area contributed by atoms with Crippen LogP contribution in [0, 0.1) is 6.92 Å². The number of aromatic nitrogens is 1. The summed E-state index contributed by atoms with van der Waals surface area (Å²) in [4.78, 5) is 4.07. The maximum absolute atomic E-state index is 10.6. The van der Waals surface area contributed by atoms with Crippen LogP contribution in [0.3, 0.4) is 0 Å². The van der Waals surface area contributed by atoms with Crippen LogP contribution >= 0.6 is 0 Å². The number of nitrogens with two attached hydrogens (primary N) is 1. The van der Waals surface area contributed by atoms with Crippen molar-refractivity contribution in [3.8, 4) is 11.5 Å². The lowest BCUT2D eigenvalue weighted by molar-refractivity contribution is 0.214. The summed E-state index contributed by atoms with van der Waals surface area (Å²) >= 11 is 0. The highest BCUT2D eigenvalue weighted by atomic mass is 16.5. The molecule has 1 unspecified atom stereocenters. The van der Waals surface area contributed by atoms with Gasteiger partial charge in [0, 0.05) is 17.3 Å². The number of nitrogen functional groups attached to an aromatic ring is 1. The van der Waals surface area contributed by atoms with Gasteiger partial charge in [-0.3, -0.25) is 0 Å². The van der Waals surface area contributed by atoms with Gasteiger partial charge in [0.1, 0.15) is 23.4 Å². The van der Waals surface area contributed by atoms with Crippen LogP contribution in [0.15, 0.2) is 30.5 Å². The summed E-state index contributed by atoms with van der Waals surface area (Å²) in [6.07, 6.45) is 0.737. The molecule has 0 saturated heterocycles. The molecule has 0 radical (unpaired) electrons. The fraction of sp³-hybridized carbons (Fsp3) is 0.267. The SMILES string of the molecule is COc1ccc(OC)c(C(O)c2cc(C)cnc2N)c1. The average molecular weight is 274 g/mol. The Morgan fingerprint density at radius 3 is 2.55 bits per heavy atom. The predicted molar refractivity (Wildman–Crippen MR) is 77.0 cm³/mol. The van der Waals surface area contributed by atoms with Gasteiger partial charge in [0.2, 0.25) is 0 Å². The van der Waals surface area contributed by atoms with Crippen LogP contribution in [-0.2, 0) is 0 Å². The topological polar surface area (TPSA) is 77.6 Å². The molecule has 0 aliphatic carbocycles. The smallest absolute Gasteiger partial charge is 0.129 e. The van der Waals surface area contributed by atoms with E-state index in [1.807, 2.05) is 13.0 Å². The molecule has 0 fully saturated rings. The molecule has 2 aromatic rings. The molecule has 0 amide bonds. The summed E-state index contributed by atoms with van der Waals surface area (Å²) in [6, 6.07) is 7.06. The third-order valence-electron chi connectivity index (χ3n) is 3.11. The van der Waals surface area contributed by atoms with Gasteiger partial charge in [0.25, 0.3) is 0 Å². The lowest BCUT2D eigenvalue weighted by Crippen LogP contribution is -2.07. The number of ether oxygens (including phenoxy) is 2. The van der Waals surface area contributed by atoms with Crippen LogP contribution in [0.4, 0.5) is 5.82 Å². The largest absolute Gasteiger partial charge is 0.497 e. The Labute approximate surface area is 118 Å². The molecule has 5 nitrogen and oxygen atoms in total. The van der Waals surface area contributed by atoms with E-state index in [4.69, 9.17) is 15.2 Å². The maximum Gasteiger partial charge on any atom is 0.129 e. The Kier molecular flexibility index (Phi) is 4.10. The first-order valence-electron chi connectivity index (χ1n) is 6.18. The summed E-state index contributed by atoms with van der Waals surface area (Å²) in [5, 5.41) is 10.6. The number of anilines is 1. The average Bonchev–Trinajstić information content (AvgIpc) is 2.48. The molecule has 0 aliphatic rings. The normalized spacial score (nSPS) is 12.0. The molecule has 2 rings (SSSR count). The van der Waals surface area contributed by atoms with Crippen molar-refractivity contribution in [2.75, 3.05) is 20.0 Å². The molecule has 0 aliphatic heterocycles. The number of methoxy groups -OCH3 is 2. The Balaban J connectivity index is 2.51. The van der Waals surface area contributed by atoms with Gasteiger partial charge in [-0.05, 0) is 36.8 Å². The molecule has 1 atom stereocenters. The number of hydrogen-bond donors (Lipinski definition) is 2. The Hall–Kier alpha value is -2.27. The summed E-state index contributed by atoms with van der Waals surface area (Å²) in [6.45, 7) is 1.89. The van der Waals surface area contributed by atoms with E-state index >= 15 is 0 Å². The first kappa shape index (κ1) is 14.1. The molecular formula is C15H18N2O3. The number of aliphatic hydroxyl groups is 1. The third-order valence-corrected chi connectivity index (χ3v) is 3.11. The van der Waals surface area contributed by atoms with Crippen LogP contribution < -0.4 is 15.2 Å². The lowest BCUT2D eigenvalue weighted by Gasteiger charge is -2.17. The van der Waals surface area contributed by atoms with Gasteiger partial charge in [-0.15, -0.1) is 0 Å². The van der Waals surface area contributed by atoms with Crippen LogP contribution in [0.2, 0.25) is 0 Å². The Bertz CT molecular complexity index is 614. The second-order valence-corrected chi connectivity index (χ2v) is 4.50. The van der Waals surface area contributed by atoms with Crippen molar-refractivity contribution in [1.29, 1.82) is 0 Å². The first-order valence-corrected chi connectivity index (χ1v) is 6.18. The van der Waals surface area contributed by atoms with E-state index in [1.165, 1.54) is 0 Å². The van der Waals surface area contributed by atoms with Gasteiger partial charge in [-0.1, -0.05) is 0 Å². The molecule has 5 heteroatoms. The number of aryl methyl sites for hydroxylation is 1. The predicted octanol–water partition coefficient (Wildman–Crippen LogP) is 2.07. The van der Waals surface area contributed by atoms with Crippen molar-refractivity contribution in [2.24, 2.45) is 0 Å². The molecule has 1 heterocycles. The highest BCUT2D eigenvalue weighted by Crippen LogP contribution is 2.34. The molecule has 106 valence electrons. The van der Waals surface area contributed by atoms with Crippen molar-refractivity contribution in [3.63, 3.8) is 0 Å². The van der Waals surface area contributed by atoms with Gasteiger partial charge in [-0.2, -0.15) is 0 Å². The summed E-state index contributed by atoms with van der Waals surface area (Å²) in [5.41, 5.74) is 7.91. The van der Waals surface area contributed by atoms with E-state index in [2.05, 4.69) is 4.98 Å². The lowest BCUT2D eigenvalue weighted by atomic mass is 10.00. The van der Waals surface area contributed by atoms with E-state index in [0.717, 1.165) is 5.56 Å². The Morgan fingerprint density at radius 1 is 1.15 bits per heavy atom. The van der Waals surface area contributed by atoms with Gasteiger partial charge in [-0.25, -0.2) is 4.98 Å². The van der Waals surface area contributed by atoms with Gasteiger partial charge >= 0.3 is 0 Å². The fourth-order valence-corrected chi connectivity index (χ4v) is 2.04. The number of rotatable bonds is 4. The minimum absolute atomic E-state index is 0.299. The number of hydrogen-bond acceptors (Lipinski definition) is 5. The highest BCUT2D eigenvalue weighted by Gasteiger charge is 2.19. The van der Waals surface area contributed by atoms with Crippen molar-refractivity contribution in [1.82, 2.24) is 4.98 Å². The highest BCUT2D eigenvalue weighted by molar-refractivity contribution is 5.51. The molecule has 1 aromatic carbocycles. The standard InChI is InChI=1S/C15H18N2O3/c1-9-6-12(15(16)17-8-9)14(18)11-7-10(19-2)4-5-13(11)20-3/h4-8,14,18H,1-3H3,(H2,16,17). The number of benzene rings is 1. The Morgan fingerprint density at radius 2 is 1.90 bits per heavy atom. The monoisotopic (exact) mass is 274 g/mol. The molecular weight excluding hydrogens is 256 g/mol. The van der Waals surface area contributed by atoms with E-state index in [-0.39, 0.29) is 0 Å². The summed E-state index contributed by atoms with van der Waals surface area (Å²) < 4.78 is 10.5. The molecule has 0 spiro atoms. The molecule has 1 aromatic heterocycles. The second kappa shape index (κ2) is 5.79. The minimum Gasteiger partial charge on any atom is -0.497 e. The maximum atomic E-state index is 10.6. The van der Waals surface area contributed by atoms with Crippen molar-refractivity contribution >= 4 is 5.82 Å². The zero-order valence-electron chi connectivity index (χ0n) is 11.8. The van der Waals surface area contributed by atoms with E-state index in [9.17, 15) is 5.11 Å². The number of nitrogens with zero attached hydrogens (tertiary/aromatic N) is 1. The van der Waals surface area contributed by atoms with Crippen molar-refractivity contribution < 1.29 is 14.6 Å². The van der Waals surface area contributed by atoms with Crippen LogP contribution in [0.1, 0.15) is 22.8 Å². The zero-order chi connectivity index (χ0) is 14.7. The molecule has 3 N–H and O–H groups in total. The van der Waals surface area contributed by atoms with Crippen LogP contribution in [-0.4, -0.2) is 24.3 Å². The van der Waals surface area contributed by atoms with Crippen molar-refractivity contribution in [2.45, 2.75) is 13.0 Å². The van der Waals surface area contributed by atoms with E-state index in [1.54, 1.807) is 38.6 Å². The summed E-state index contributed by atoms with van der Waals surface area (Å²) in [7, 11) is 3.12. The number of pyridine rings is 1. The quantitative estimate of drug-likeness (QED) is 0.892. The van der Waals surface area contributed by atoms with E-state index < -0.39 is 6.10 Å². The van der Waals surface area contributed by atoms with Gasteiger partial charge in [0.15, 0.2) is 0 Å². The fourth-order valence-electron chi connectivity index (χ4n) is 2.04. The third kappa shape index (κ3) is 2.67. The molecule has 0 bridgehead atoms. The second-order valence-electron chi connectivity index (χ2n) is 4.50. The van der Waals surface area contributed by atoms with Gasteiger partial charge < -0.3 is 20.3 Å². The van der Waals surface area contributed by atoms with Gasteiger partial charge in [0.05, 0.1) is 14.2 Å².